The van der Waals surface area contributed by atoms with Gasteiger partial charge in [-0.15, -0.1) is 11.8 Å². The Kier molecular flexibility index (Phi) is 9.94. The van der Waals surface area contributed by atoms with Crippen molar-refractivity contribution in [1.29, 1.82) is 0 Å². The third-order valence-electron chi connectivity index (χ3n) is 4.31. The van der Waals surface area contributed by atoms with E-state index in [9.17, 15) is 9.59 Å². The zero-order valence-corrected chi connectivity index (χ0v) is 18.7. The summed E-state index contributed by atoms with van der Waals surface area (Å²) in [5.41, 5.74) is 1.06. The minimum Gasteiger partial charge on any atom is -0.484 e. The third-order valence-corrected chi connectivity index (χ3v) is 5.70. The van der Waals surface area contributed by atoms with Crippen molar-refractivity contribution in [3.05, 3.63) is 60.2 Å². The van der Waals surface area contributed by atoms with Crippen LogP contribution in [0.25, 0.3) is 0 Å². The molecule has 1 atom stereocenters. The van der Waals surface area contributed by atoms with E-state index in [-0.39, 0.29) is 18.4 Å². The van der Waals surface area contributed by atoms with Crippen molar-refractivity contribution in [2.45, 2.75) is 23.9 Å². The molecule has 0 saturated heterocycles. The molecule has 0 bridgehead atoms. The number of thioether (sulfide) groups is 2. The van der Waals surface area contributed by atoms with E-state index in [0.29, 0.717) is 18.7 Å². The predicted molar refractivity (Wildman–Crippen MR) is 122 cm³/mol. The number of ether oxygens (including phenoxy) is 1. The second-order valence-corrected chi connectivity index (χ2v) is 8.41. The number of carbonyl (C=O) groups is 2. The van der Waals surface area contributed by atoms with E-state index in [4.69, 9.17) is 4.74 Å². The highest BCUT2D eigenvalue weighted by molar-refractivity contribution is 7.98. The van der Waals surface area contributed by atoms with Crippen LogP contribution >= 0.6 is 23.5 Å². The molecule has 5 nitrogen and oxygen atoms in total. The molecule has 0 aliphatic heterocycles. The second-order valence-electron chi connectivity index (χ2n) is 6.55. The van der Waals surface area contributed by atoms with Crippen molar-refractivity contribution in [1.82, 2.24) is 10.2 Å². The summed E-state index contributed by atoms with van der Waals surface area (Å²) < 4.78 is 5.49. The van der Waals surface area contributed by atoms with Gasteiger partial charge < -0.3 is 15.0 Å². The van der Waals surface area contributed by atoms with Crippen LogP contribution in [0.5, 0.6) is 5.75 Å². The summed E-state index contributed by atoms with van der Waals surface area (Å²) in [6.07, 6.45) is 4.59. The maximum Gasteiger partial charge on any atom is 0.258 e. The van der Waals surface area contributed by atoms with Gasteiger partial charge in [-0.05, 0) is 54.5 Å². The zero-order chi connectivity index (χ0) is 21.1. The molecule has 0 aliphatic rings. The van der Waals surface area contributed by atoms with Gasteiger partial charge in [-0.3, -0.25) is 9.59 Å². The first-order valence-electron chi connectivity index (χ1n) is 9.37. The fourth-order valence-electron chi connectivity index (χ4n) is 2.74. The number of hydrogen-bond acceptors (Lipinski definition) is 5. The van der Waals surface area contributed by atoms with E-state index in [1.54, 1.807) is 47.6 Å². The van der Waals surface area contributed by atoms with Gasteiger partial charge in [0.15, 0.2) is 6.61 Å². The molecular weight excluding hydrogens is 404 g/mol. The highest BCUT2D eigenvalue weighted by Crippen LogP contribution is 2.16. The van der Waals surface area contributed by atoms with Crippen LogP contribution < -0.4 is 10.1 Å². The van der Waals surface area contributed by atoms with Gasteiger partial charge in [-0.1, -0.05) is 30.3 Å². The quantitative estimate of drug-likeness (QED) is 0.549. The molecule has 0 unspecified atom stereocenters. The van der Waals surface area contributed by atoms with Gasteiger partial charge in [-0.25, -0.2) is 0 Å². The van der Waals surface area contributed by atoms with Crippen molar-refractivity contribution in [2.75, 3.05) is 31.9 Å². The van der Waals surface area contributed by atoms with Gasteiger partial charge in [0.05, 0.1) is 0 Å². The lowest BCUT2D eigenvalue weighted by Crippen LogP contribution is -2.48. The Labute approximate surface area is 181 Å². The Hall–Kier alpha value is -2.12. The summed E-state index contributed by atoms with van der Waals surface area (Å²) in [6.45, 7) is 0.382. The van der Waals surface area contributed by atoms with Crippen LogP contribution in [0.3, 0.4) is 0 Å². The van der Waals surface area contributed by atoms with Crippen LogP contribution in [-0.2, 0) is 16.1 Å². The highest BCUT2D eigenvalue weighted by atomic mass is 32.2. The number of carbonyl (C=O) groups excluding carboxylic acids is 2. The second kappa shape index (κ2) is 12.4. The largest absolute Gasteiger partial charge is 0.484 e. The fourth-order valence-corrected chi connectivity index (χ4v) is 3.62. The molecule has 0 saturated carbocycles. The van der Waals surface area contributed by atoms with Gasteiger partial charge in [0, 0.05) is 18.5 Å². The molecule has 0 heterocycles. The molecule has 0 aromatic heterocycles. The molecule has 0 radical (unpaired) electrons. The first kappa shape index (κ1) is 23.2. The Bertz CT molecular complexity index is 769. The smallest absolute Gasteiger partial charge is 0.258 e. The van der Waals surface area contributed by atoms with Gasteiger partial charge in [0.25, 0.3) is 5.91 Å². The molecule has 2 aromatic rings. The van der Waals surface area contributed by atoms with Gasteiger partial charge in [0.2, 0.25) is 5.91 Å². The van der Waals surface area contributed by atoms with Gasteiger partial charge in [0.1, 0.15) is 11.8 Å². The maximum absolute atomic E-state index is 12.9. The summed E-state index contributed by atoms with van der Waals surface area (Å²) in [7, 11) is 1.77. The molecule has 29 heavy (non-hydrogen) atoms. The molecule has 0 fully saturated rings. The normalized spacial score (nSPS) is 11.6. The summed E-state index contributed by atoms with van der Waals surface area (Å²) in [5, 5.41) is 2.83. The maximum atomic E-state index is 12.9. The van der Waals surface area contributed by atoms with Gasteiger partial charge >= 0.3 is 0 Å². The summed E-state index contributed by atoms with van der Waals surface area (Å²) in [5.74, 6) is 1.01. The van der Waals surface area contributed by atoms with Gasteiger partial charge in [-0.2, -0.15) is 11.8 Å². The van der Waals surface area contributed by atoms with Crippen molar-refractivity contribution >= 4 is 35.3 Å². The molecule has 1 N–H and O–H groups in total. The summed E-state index contributed by atoms with van der Waals surface area (Å²) in [6, 6.07) is 16.7. The number of para-hydroxylation sites is 1. The SMILES string of the molecule is CSCC[C@H](NC(=O)COc1ccccc1)C(=O)N(C)Cc1ccc(SC)cc1. The van der Waals surface area contributed by atoms with E-state index >= 15 is 0 Å². The molecular formula is C22H28N2O3S2. The van der Waals surface area contributed by atoms with E-state index in [0.717, 1.165) is 11.3 Å². The number of rotatable bonds is 11. The molecule has 156 valence electrons. The van der Waals surface area contributed by atoms with Crippen LogP contribution in [0.2, 0.25) is 0 Å². The lowest BCUT2D eigenvalue weighted by molar-refractivity contribution is -0.136. The zero-order valence-electron chi connectivity index (χ0n) is 17.1. The number of likely N-dealkylation sites (N-methyl/N-ethyl adjacent to an activating group) is 1. The molecule has 0 spiro atoms. The van der Waals surface area contributed by atoms with Crippen molar-refractivity contribution < 1.29 is 14.3 Å². The van der Waals surface area contributed by atoms with Crippen molar-refractivity contribution in [3.8, 4) is 5.75 Å². The van der Waals surface area contributed by atoms with Crippen LogP contribution in [0.4, 0.5) is 0 Å². The van der Waals surface area contributed by atoms with Crippen LogP contribution in [0.15, 0.2) is 59.5 Å². The number of benzene rings is 2. The first-order chi connectivity index (χ1) is 14.0. The molecule has 2 amide bonds. The van der Waals surface area contributed by atoms with Crippen LogP contribution in [-0.4, -0.2) is 54.7 Å². The molecule has 2 aromatic carbocycles. The standard InChI is InChI=1S/C22H28N2O3S2/c1-24(15-17-9-11-19(29-3)12-10-17)22(26)20(13-14-28-2)23-21(25)16-27-18-7-5-4-6-8-18/h4-12,20H,13-16H2,1-3H3,(H,23,25)/t20-/m0/s1. The Balaban J connectivity index is 1.93. The number of nitrogens with one attached hydrogen (secondary N) is 1. The Morgan fingerprint density at radius 2 is 1.76 bits per heavy atom. The monoisotopic (exact) mass is 432 g/mol. The average molecular weight is 433 g/mol. The number of amides is 2. The molecule has 7 heteroatoms. The van der Waals surface area contributed by atoms with E-state index in [1.807, 2.05) is 55.0 Å². The number of nitrogens with zero attached hydrogens (tertiary/aromatic N) is 1. The minimum absolute atomic E-state index is 0.0962. The lowest BCUT2D eigenvalue weighted by atomic mass is 10.1. The van der Waals surface area contributed by atoms with E-state index < -0.39 is 6.04 Å². The Morgan fingerprint density at radius 3 is 2.38 bits per heavy atom. The number of hydrogen-bond donors (Lipinski definition) is 1. The topological polar surface area (TPSA) is 58.6 Å². The minimum atomic E-state index is -0.565. The average Bonchev–Trinajstić information content (AvgIpc) is 2.75. The summed E-state index contributed by atoms with van der Waals surface area (Å²) in [4.78, 5) is 28.1. The highest BCUT2D eigenvalue weighted by Gasteiger charge is 2.24. The molecule has 0 aliphatic carbocycles. The third kappa shape index (κ3) is 8.03. The fraction of sp³-hybridized carbons (Fsp3) is 0.364. The van der Waals surface area contributed by atoms with E-state index in [1.165, 1.54) is 4.90 Å². The van der Waals surface area contributed by atoms with Crippen LogP contribution in [0.1, 0.15) is 12.0 Å². The molecule has 2 rings (SSSR count). The van der Waals surface area contributed by atoms with Crippen LogP contribution in [0, 0.1) is 0 Å². The Morgan fingerprint density at radius 1 is 1.07 bits per heavy atom. The summed E-state index contributed by atoms with van der Waals surface area (Å²) >= 11 is 3.33. The predicted octanol–water partition coefficient (Wildman–Crippen LogP) is 3.68. The van der Waals surface area contributed by atoms with Crippen molar-refractivity contribution in [2.24, 2.45) is 0 Å². The van der Waals surface area contributed by atoms with E-state index in [2.05, 4.69) is 5.32 Å². The van der Waals surface area contributed by atoms with Crippen molar-refractivity contribution in [3.63, 3.8) is 0 Å². The lowest BCUT2D eigenvalue weighted by Gasteiger charge is -2.25. The first-order valence-corrected chi connectivity index (χ1v) is 12.0.